The number of hydrogen-bond donors (Lipinski definition) is 0. The Morgan fingerprint density at radius 2 is 1.84 bits per heavy atom. The lowest BCUT2D eigenvalue weighted by molar-refractivity contribution is 0.0731. The summed E-state index contributed by atoms with van der Waals surface area (Å²) in [6.07, 6.45) is 0.810. The van der Waals surface area contributed by atoms with Gasteiger partial charge in [-0.3, -0.25) is 4.79 Å². The summed E-state index contributed by atoms with van der Waals surface area (Å²) in [5, 5.41) is 9.14. The van der Waals surface area contributed by atoms with E-state index in [1.807, 2.05) is 0 Å². The van der Waals surface area contributed by atoms with Crippen LogP contribution < -0.4 is 9.64 Å². The first-order valence-electron chi connectivity index (χ1n) is 10.1. The summed E-state index contributed by atoms with van der Waals surface area (Å²) in [6.45, 7) is 2.77. The molecule has 1 fully saturated rings. The van der Waals surface area contributed by atoms with Crippen molar-refractivity contribution < 1.29 is 18.3 Å². The molecule has 31 heavy (non-hydrogen) atoms. The van der Waals surface area contributed by atoms with Gasteiger partial charge in [0.05, 0.1) is 5.56 Å². The highest BCUT2D eigenvalue weighted by Crippen LogP contribution is 2.21. The van der Waals surface area contributed by atoms with E-state index in [9.17, 15) is 9.18 Å². The minimum atomic E-state index is -0.260. The molecule has 0 radical (unpaired) electrons. The van der Waals surface area contributed by atoms with Crippen molar-refractivity contribution >= 4 is 11.6 Å². The number of rotatable bonds is 5. The third-order valence-electron chi connectivity index (χ3n) is 5.22. The molecule has 3 aromatic rings. The monoisotopic (exact) mass is 419 g/mol. The molecule has 158 valence electrons. The molecule has 0 saturated carbocycles. The van der Waals surface area contributed by atoms with E-state index in [4.69, 9.17) is 14.4 Å². The van der Waals surface area contributed by atoms with Gasteiger partial charge in [-0.2, -0.15) is 5.26 Å². The van der Waals surface area contributed by atoms with Crippen LogP contribution in [0.5, 0.6) is 5.75 Å². The Labute approximate surface area is 180 Å². The molecule has 0 bridgehead atoms. The van der Waals surface area contributed by atoms with Crippen LogP contribution in [0, 0.1) is 17.1 Å². The maximum atomic E-state index is 13.2. The van der Waals surface area contributed by atoms with Gasteiger partial charge in [0.25, 0.3) is 5.91 Å². The average molecular weight is 419 g/mol. The second kappa shape index (κ2) is 9.35. The Morgan fingerprint density at radius 3 is 2.65 bits per heavy atom. The molecule has 0 aliphatic carbocycles. The van der Waals surface area contributed by atoms with E-state index in [0.29, 0.717) is 36.7 Å². The predicted molar refractivity (Wildman–Crippen MR) is 113 cm³/mol. The van der Waals surface area contributed by atoms with Crippen molar-refractivity contribution in [2.24, 2.45) is 0 Å². The van der Waals surface area contributed by atoms with E-state index in [1.165, 1.54) is 12.1 Å². The molecule has 1 amide bonds. The standard InChI is InChI=1S/C24H22FN3O3/c25-19-6-8-20(9-7-19)27-12-3-13-28(15-14-27)24(29)23-11-10-21(31-23)17-30-22-5-2-1-4-18(22)16-26/h1-2,4-11H,3,12-15,17H2. The molecular formula is C24H22FN3O3. The summed E-state index contributed by atoms with van der Waals surface area (Å²) in [7, 11) is 0. The molecule has 1 aromatic heterocycles. The first-order valence-corrected chi connectivity index (χ1v) is 10.1. The fraction of sp³-hybridized carbons (Fsp3) is 0.250. The van der Waals surface area contributed by atoms with Crippen molar-refractivity contribution in [1.29, 1.82) is 5.26 Å². The third-order valence-corrected chi connectivity index (χ3v) is 5.22. The van der Waals surface area contributed by atoms with Gasteiger partial charge in [0.15, 0.2) is 5.76 Å². The van der Waals surface area contributed by atoms with Crippen LogP contribution in [-0.2, 0) is 6.61 Å². The Morgan fingerprint density at radius 1 is 1.03 bits per heavy atom. The SMILES string of the molecule is N#Cc1ccccc1OCc1ccc(C(=O)N2CCCN(c3ccc(F)cc3)CC2)o1. The highest BCUT2D eigenvalue weighted by molar-refractivity contribution is 5.91. The number of nitrogens with zero attached hydrogens (tertiary/aromatic N) is 3. The number of benzene rings is 2. The second-order valence-electron chi connectivity index (χ2n) is 7.27. The Kier molecular flexibility index (Phi) is 6.18. The largest absolute Gasteiger partial charge is 0.484 e. The number of amides is 1. The summed E-state index contributed by atoms with van der Waals surface area (Å²) >= 11 is 0. The Hall–Kier alpha value is -3.79. The number of carbonyl (C=O) groups excluding carboxylic acids is 1. The van der Waals surface area contributed by atoms with Gasteiger partial charge in [-0.25, -0.2) is 4.39 Å². The van der Waals surface area contributed by atoms with Gasteiger partial charge in [0.1, 0.15) is 30.0 Å². The first-order chi connectivity index (χ1) is 15.1. The topological polar surface area (TPSA) is 69.7 Å². The quantitative estimate of drug-likeness (QED) is 0.619. The molecule has 1 aliphatic heterocycles. The van der Waals surface area contributed by atoms with Crippen LogP contribution >= 0.6 is 0 Å². The lowest BCUT2D eigenvalue weighted by Crippen LogP contribution is -2.35. The zero-order valence-corrected chi connectivity index (χ0v) is 17.0. The molecule has 0 atom stereocenters. The van der Waals surface area contributed by atoms with Gasteiger partial charge in [-0.1, -0.05) is 12.1 Å². The lowest BCUT2D eigenvalue weighted by atomic mass is 10.2. The molecular weight excluding hydrogens is 397 g/mol. The van der Waals surface area contributed by atoms with Crippen LogP contribution in [0.2, 0.25) is 0 Å². The van der Waals surface area contributed by atoms with Crippen LogP contribution in [-0.4, -0.2) is 37.0 Å². The summed E-state index contributed by atoms with van der Waals surface area (Å²) in [5.74, 6) is 0.831. The molecule has 1 saturated heterocycles. The summed E-state index contributed by atoms with van der Waals surface area (Å²) in [5.41, 5.74) is 1.39. The number of anilines is 1. The molecule has 7 heteroatoms. The van der Waals surface area contributed by atoms with Crippen molar-refractivity contribution in [3.8, 4) is 11.8 Å². The zero-order valence-electron chi connectivity index (χ0n) is 17.0. The molecule has 6 nitrogen and oxygen atoms in total. The molecule has 2 aromatic carbocycles. The van der Waals surface area contributed by atoms with Crippen molar-refractivity contribution in [3.63, 3.8) is 0 Å². The van der Waals surface area contributed by atoms with Crippen LogP contribution in [0.15, 0.2) is 65.1 Å². The van der Waals surface area contributed by atoms with E-state index in [-0.39, 0.29) is 24.1 Å². The Bertz CT molecular complexity index is 1090. The highest BCUT2D eigenvalue weighted by atomic mass is 19.1. The van der Waals surface area contributed by atoms with E-state index >= 15 is 0 Å². The van der Waals surface area contributed by atoms with Crippen LogP contribution in [0.25, 0.3) is 0 Å². The predicted octanol–water partition coefficient (Wildman–Crippen LogP) is 4.22. The highest BCUT2D eigenvalue weighted by Gasteiger charge is 2.23. The fourth-order valence-corrected chi connectivity index (χ4v) is 3.59. The molecule has 0 N–H and O–H groups in total. The summed E-state index contributed by atoms with van der Waals surface area (Å²) in [4.78, 5) is 16.8. The van der Waals surface area contributed by atoms with E-state index in [1.54, 1.807) is 53.4 Å². The summed E-state index contributed by atoms with van der Waals surface area (Å²) in [6, 6.07) is 18.8. The van der Waals surface area contributed by atoms with E-state index in [2.05, 4.69) is 11.0 Å². The molecule has 1 aliphatic rings. The number of carbonyl (C=O) groups is 1. The minimum Gasteiger partial charge on any atom is -0.484 e. The molecule has 0 unspecified atom stereocenters. The van der Waals surface area contributed by atoms with Gasteiger partial charge in [0, 0.05) is 31.9 Å². The average Bonchev–Trinajstić information content (AvgIpc) is 3.14. The number of nitriles is 1. The number of halogens is 1. The molecule has 2 heterocycles. The van der Waals surface area contributed by atoms with Gasteiger partial charge < -0.3 is 19.0 Å². The molecule has 0 spiro atoms. The fourth-order valence-electron chi connectivity index (χ4n) is 3.59. The van der Waals surface area contributed by atoms with Crippen molar-refractivity contribution in [2.75, 3.05) is 31.1 Å². The first kappa shape index (κ1) is 20.5. The zero-order chi connectivity index (χ0) is 21.6. The maximum Gasteiger partial charge on any atom is 0.289 e. The van der Waals surface area contributed by atoms with Gasteiger partial charge in [-0.15, -0.1) is 0 Å². The lowest BCUT2D eigenvalue weighted by Gasteiger charge is -2.23. The number of hydrogen-bond acceptors (Lipinski definition) is 5. The van der Waals surface area contributed by atoms with Crippen molar-refractivity contribution in [1.82, 2.24) is 4.90 Å². The van der Waals surface area contributed by atoms with Crippen LogP contribution in [0.1, 0.15) is 28.3 Å². The van der Waals surface area contributed by atoms with E-state index in [0.717, 1.165) is 18.7 Å². The van der Waals surface area contributed by atoms with Crippen molar-refractivity contribution in [2.45, 2.75) is 13.0 Å². The minimum absolute atomic E-state index is 0.129. The molecule has 4 rings (SSSR count). The van der Waals surface area contributed by atoms with Gasteiger partial charge >= 0.3 is 0 Å². The second-order valence-corrected chi connectivity index (χ2v) is 7.27. The van der Waals surface area contributed by atoms with Crippen LogP contribution in [0.4, 0.5) is 10.1 Å². The number of furan rings is 1. The van der Waals surface area contributed by atoms with Gasteiger partial charge in [-0.05, 0) is 55.0 Å². The number of para-hydroxylation sites is 1. The smallest absolute Gasteiger partial charge is 0.289 e. The van der Waals surface area contributed by atoms with Crippen LogP contribution in [0.3, 0.4) is 0 Å². The van der Waals surface area contributed by atoms with E-state index < -0.39 is 0 Å². The van der Waals surface area contributed by atoms with Crippen molar-refractivity contribution in [3.05, 3.63) is 83.6 Å². The maximum absolute atomic E-state index is 13.2. The normalized spacial score (nSPS) is 14.1. The van der Waals surface area contributed by atoms with Gasteiger partial charge in [0.2, 0.25) is 0 Å². The Balaban J connectivity index is 1.36. The summed E-state index contributed by atoms with van der Waals surface area (Å²) < 4.78 is 24.6. The third kappa shape index (κ3) is 4.86. The number of ether oxygens (including phenoxy) is 1.